The molecule has 0 saturated heterocycles. The fraction of sp³-hybridized carbons (Fsp3) is 0.125. The Balaban J connectivity index is 1.45. The van der Waals surface area contributed by atoms with Crippen LogP contribution in [0.1, 0.15) is 20.7 Å². The molecule has 0 unspecified atom stereocenters. The van der Waals surface area contributed by atoms with Gasteiger partial charge < -0.3 is 0 Å². The molecule has 0 fully saturated rings. The molecule has 1 aliphatic rings. The molecule has 0 bridgehead atoms. The molecule has 24 heavy (non-hydrogen) atoms. The van der Waals surface area contributed by atoms with E-state index in [1.807, 2.05) is 12.3 Å². The van der Waals surface area contributed by atoms with E-state index in [0.29, 0.717) is 23.4 Å². The van der Waals surface area contributed by atoms with Gasteiger partial charge in [0.2, 0.25) is 0 Å². The maximum absolute atomic E-state index is 12.3. The SMILES string of the molecule is O=C1c2ccccc2C(=O)N1CCSc1ccn2ncc(Br)c2n1. The summed E-state index contributed by atoms with van der Waals surface area (Å²) in [5, 5.41) is 4.97. The average Bonchev–Trinajstić information content (AvgIpc) is 3.08. The summed E-state index contributed by atoms with van der Waals surface area (Å²) in [4.78, 5) is 30.4. The zero-order valence-electron chi connectivity index (χ0n) is 12.3. The molecule has 0 N–H and O–H groups in total. The zero-order chi connectivity index (χ0) is 16.7. The number of nitrogens with zero attached hydrogens (tertiary/aromatic N) is 4. The van der Waals surface area contributed by atoms with Gasteiger partial charge in [0.15, 0.2) is 5.65 Å². The van der Waals surface area contributed by atoms with Crippen LogP contribution in [-0.2, 0) is 0 Å². The normalized spacial score (nSPS) is 13.8. The minimum Gasteiger partial charge on any atom is -0.273 e. The highest BCUT2D eigenvalue weighted by atomic mass is 79.9. The number of carbonyl (C=O) groups is 2. The Kier molecular flexibility index (Phi) is 3.85. The first-order valence-electron chi connectivity index (χ1n) is 7.23. The van der Waals surface area contributed by atoms with Crippen molar-refractivity contribution in [3.8, 4) is 0 Å². The molecule has 3 aromatic rings. The average molecular weight is 403 g/mol. The molecular formula is C16H11BrN4O2S. The van der Waals surface area contributed by atoms with Crippen molar-refractivity contribution in [2.75, 3.05) is 12.3 Å². The number of imide groups is 1. The first kappa shape index (κ1) is 15.3. The van der Waals surface area contributed by atoms with Crippen molar-refractivity contribution >= 4 is 45.2 Å². The lowest BCUT2D eigenvalue weighted by Gasteiger charge is -2.13. The van der Waals surface area contributed by atoms with Crippen LogP contribution in [0.2, 0.25) is 0 Å². The smallest absolute Gasteiger partial charge is 0.261 e. The molecule has 0 radical (unpaired) electrons. The van der Waals surface area contributed by atoms with Crippen LogP contribution in [0.15, 0.2) is 52.2 Å². The number of benzene rings is 1. The Morgan fingerprint density at radius 3 is 2.50 bits per heavy atom. The zero-order valence-corrected chi connectivity index (χ0v) is 14.7. The van der Waals surface area contributed by atoms with Crippen LogP contribution >= 0.6 is 27.7 Å². The van der Waals surface area contributed by atoms with Crippen LogP contribution in [0, 0.1) is 0 Å². The molecule has 0 spiro atoms. The van der Waals surface area contributed by atoms with Crippen molar-refractivity contribution in [3.05, 3.63) is 58.3 Å². The maximum Gasteiger partial charge on any atom is 0.261 e. The number of halogens is 1. The number of carbonyl (C=O) groups excluding carboxylic acids is 2. The Hall–Kier alpha value is -2.19. The number of amides is 2. The Morgan fingerprint density at radius 1 is 1.08 bits per heavy atom. The summed E-state index contributed by atoms with van der Waals surface area (Å²) in [6.45, 7) is 0.351. The van der Waals surface area contributed by atoms with E-state index in [-0.39, 0.29) is 11.8 Å². The van der Waals surface area contributed by atoms with E-state index < -0.39 is 0 Å². The molecule has 8 heteroatoms. The van der Waals surface area contributed by atoms with Gasteiger partial charge in [0.25, 0.3) is 11.8 Å². The molecule has 0 saturated carbocycles. The van der Waals surface area contributed by atoms with Gasteiger partial charge in [-0.25, -0.2) is 9.50 Å². The summed E-state index contributed by atoms with van der Waals surface area (Å²) in [6.07, 6.45) is 3.52. The quantitative estimate of drug-likeness (QED) is 0.381. The molecule has 6 nitrogen and oxygen atoms in total. The van der Waals surface area contributed by atoms with Gasteiger partial charge in [0.1, 0.15) is 5.03 Å². The van der Waals surface area contributed by atoms with Crippen LogP contribution in [0.25, 0.3) is 5.65 Å². The molecule has 0 atom stereocenters. The maximum atomic E-state index is 12.3. The second-order valence-electron chi connectivity index (χ2n) is 5.18. The molecule has 1 aromatic carbocycles. The molecule has 120 valence electrons. The highest BCUT2D eigenvalue weighted by Gasteiger charge is 2.34. The van der Waals surface area contributed by atoms with Gasteiger partial charge in [-0.1, -0.05) is 12.1 Å². The third-order valence-corrected chi connectivity index (χ3v) is 5.21. The lowest BCUT2D eigenvalue weighted by atomic mass is 10.1. The second-order valence-corrected chi connectivity index (χ2v) is 7.15. The largest absolute Gasteiger partial charge is 0.273 e. The molecule has 4 rings (SSSR count). The van der Waals surface area contributed by atoms with Gasteiger partial charge in [-0.3, -0.25) is 14.5 Å². The summed E-state index contributed by atoms with van der Waals surface area (Å²) in [5.74, 6) is 0.136. The lowest BCUT2D eigenvalue weighted by molar-refractivity contribution is 0.0664. The molecule has 0 aliphatic carbocycles. The summed E-state index contributed by atoms with van der Waals surface area (Å²) in [7, 11) is 0. The minimum atomic E-state index is -0.224. The van der Waals surface area contributed by atoms with Crippen molar-refractivity contribution in [1.29, 1.82) is 0 Å². The van der Waals surface area contributed by atoms with Crippen molar-refractivity contribution in [3.63, 3.8) is 0 Å². The Labute approximate surface area is 150 Å². The highest BCUT2D eigenvalue weighted by molar-refractivity contribution is 9.10. The number of hydrogen-bond donors (Lipinski definition) is 0. The van der Waals surface area contributed by atoms with Crippen molar-refractivity contribution in [2.24, 2.45) is 0 Å². The van der Waals surface area contributed by atoms with Gasteiger partial charge in [0, 0.05) is 18.5 Å². The standard InChI is InChI=1S/C16H11BrN4O2S/c17-12-9-18-21-6-5-13(19-14(12)21)24-8-7-20-15(22)10-3-1-2-4-11(10)16(20)23/h1-6,9H,7-8H2. The predicted octanol–water partition coefficient (Wildman–Crippen LogP) is 2.88. The van der Waals surface area contributed by atoms with E-state index in [1.165, 1.54) is 16.7 Å². The third kappa shape index (κ3) is 2.51. The van der Waals surface area contributed by atoms with Crippen LogP contribution in [0.4, 0.5) is 0 Å². The van der Waals surface area contributed by atoms with E-state index in [4.69, 9.17) is 0 Å². The minimum absolute atomic E-state index is 0.224. The van der Waals surface area contributed by atoms with Crippen LogP contribution in [-0.4, -0.2) is 43.6 Å². The van der Waals surface area contributed by atoms with Crippen LogP contribution in [0.3, 0.4) is 0 Å². The Bertz CT molecular complexity index is 937. The summed E-state index contributed by atoms with van der Waals surface area (Å²) >= 11 is 4.90. The van der Waals surface area contributed by atoms with Gasteiger partial charge in [-0.15, -0.1) is 11.8 Å². The van der Waals surface area contributed by atoms with Crippen LogP contribution in [0.5, 0.6) is 0 Å². The molecular weight excluding hydrogens is 392 g/mol. The van der Waals surface area contributed by atoms with Gasteiger partial charge in [-0.2, -0.15) is 5.10 Å². The molecule has 2 amide bonds. The van der Waals surface area contributed by atoms with Crippen molar-refractivity contribution in [2.45, 2.75) is 5.03 Å². The van der Waals surface area contributed by atoms with E-state index in [9.17, 15) is 9.59 Å². The van der Waals surface area contributed by atoms with Gasteiger partial charge in [0.05, 0.1) is 21.8 Å². The van der Waals surface area contributed by atoms with Crippen LogP contribution < -0.4 is 0 Å². The number of thioether (sulfide) groups is 1. The van der Waals surface area contributed by atoms with Crippen molar-refractivity contribution in [1.82, 2.24) is 19.5 Å². The number of rotatable bonds is 4. The van der Waals surface area contributed by atoms with E-state index >= 15 is 0 Å². The number of aromatic nitrogens is 3. The molecule has 2 aromatic heterocycles. The Morgan fingerprint density at radius 2 is 1.79 bits per heavy atom. The lowest BCUT2D eigenvalue weighted by Crippen LogP contribution is -2.31. The molecule has 3 heterocycles. The first-order valence-corrected chi connectivity index (χ1v) is 9.01. The monoisotopic (exact) mass is 402 g/mol. The van der Waals surface area contributed by atoms with E-state index in [1.54, 1.807) is 35.0 Å². The van der Waals surface area contributed by atoms with E-state index in [0.717, 1.165) is 15.1 Å². The third-order valence-electron chi connectivity index (χ3n) is 3.74. The van der Waals surface area contributed by atoms with Gasteiger partial charge >= 0.3 is 0 Å². The van der Waals surface area contributed by atoms with Gasteiger partial charge in [-0.05, 0) is 34.1 Å². The highest BCUT2D eigenvalue weighted by Crippen LogP contribution is 2.24. The topological polar surface area (TPSA) is 67.6 Å². The van der Waals surface area contributed by atoms with E-state index in [2.05, 4.69) is 26.0 Å². The summed E-state index contributed by atoms with van der Waals surface area (Å²) in [6, 6.07) is 8.78. The predicted molar refractivity (Wildman–Crippen MR) is 93.2 cm³/mol. The number of fused-ring (bicyclic) bond motifs is 2. The second kappa shape index (κ2) is 6.03. The number of hydrogen-bond acceptors (Lipinski definition) is 5. The van der Waals surface area contributed by atoms with Crippen molar-refractivity contribution < 1.29 is 9.59 Å². The summed E-state index contributed by atoms with van der Waals surface area (Å²) in [5.41, 5.74) is 1.70. The first-order chi connectivity index (χ1) is 11.6. The fourth-order valence-electron chi connectivity index (χ4n) is 2.59. The summed E-state index contributed by atoms with van der Waals surface area (Å²) < 4.78 is 2.50. The molecule has 1 aliphatic heterocycles. The fourth-order valence-corrected chi connectivity index (χ4v) is 3.74.